The highest BCUT2D eigenvalue weighted by Gasteiger charge is 2.36. The molecule has 0 bridgehead atoms. The Kier molecular flexibility index (Phi) is 8.48. The summed E-state index contributed by atoms with van der Waals surface area (Å²) in [7, 11) is 1.78. The fourth-order valence-electron chi connectivity index (χ4n) is 3.21. The molecule has 0 heterocycles. The molecule has 0 unspecified atom stereocenters. The molecular weight excluding hydrogens is 326 g/mol. The molecule has 2 N–H and O–H groups in total. The quantitative estimate of drug-likeness (QED) is 0.361. The number of ether oxygens (including phenoxy) is 2. The summed E-state index contributed by atoms with van der Waals surface area (Å²) >= 11 is 0. The van der Waals surface area contributed by atoms with Crippen molar-refractivity contribution in [3.63, 3.8) is 0 Å². The normalized spacial score (nSPS) is 15.8. The van der Waals surface area contributed by atoms with Gasteiger partial charge in [0, 0.05) is 32.4 Å². The number of hydrogen-bond donors (Lipinski definition) is 2. The van der Waals surface area contributed by atoms with Crippen molar-refractivity contribution in [1.29, 1.82) is 0 Å². The number of rotatable bonds is 11. The summed E-state index contributed by atoms with van der Waals surface area (Å²) in [5, 5.41) is 6.87. The maximum absolute atomic E-state index is 5.72. The van der Waals surface area contributed by atoms with Crippen LogP contribution < -0.4 is 15.4 Å². The third-order valence-corrected chi connectivity index (χ3v) is 4.96. The number of para-hydroxylation sites is 1. The van der Waals surface area contributed by atoms with Crippen LogP contribution in [0, 0.1) is 5.41 Å². The van der Waals surface area contributed by atoms with Gasteiger partial charge in [-0.05, 0) is 37.7 Å². The Labute approximate surface area is 157 Å². The molecule has 0 aromatic heterocycles. The summed E-state index contributed by atoms with van der Waals surface area (Å²) in [6.07, 6.45) is 6.70. The second-order valence-electron chi connectivity index (χ2n) is 6.85. The number of hydrogen-bond acceptors (Lipinski definition) is 3. The molecule has 0 spiro atoms. The van der Waals surface area contributed by atoms with Crippen LogP contribution in [0.3, 0.4) is 0 Å². The molecular formula is C21H33N3O2. The molecule has 144 valence electrons. The molecule has 0 aliphatic heterocycles. The lowest BCUT2D eigenvalue weighted by Crippen LogP contribution is -2.46. The zero-order valence-corrected chi connectivity index (χ0v) is 16.2. The molecule has 1 saturated carbocycles. The first-order valence-corrected chi connectivity index (χ1v) is 9.56. The summed E-state index contributed by atoms with van der Waals surface area (Å²) in [6, 6.07) is 8.02. The Hall–Kier alpha value is -2.01. The van der Waals surface area contributed by atoms with Crippen LogP contribution in [-0.4, -0.2) is 39.4 Å². The SMILES string of the molecule is C=CCOc1ccccc1CN=C(NCC)NCC1(CCOC)CCC1. The second kappa shape index (κ2) is 10.9. The van der Waals surface area contributed by atoms with E-state index in [-0.39, 0.29) is 0 Å². The lowest BCUT2D eigenvalue weighted by molar-refractivity contribution is 0.0732. The van der Waals surface area contributed by atoms with E-state index in [1.807, 2.05) is 18.2 Å². The fourth-order valence-corrected chi connectivity index (χ4v) is 3.21. The van der Waals surface area contributed by atoms with E-state index in [1.165, 1.54) is 19.3 Å². The van der Waals surface area contributed by atoms with Crippen molar-refractivity contribution in [3.05, 3.63) is 42.5 Å². The van der Waals surface area contributed by atoms with Gasteiger partial charge in [-0.25, -0.2) is 4.99 Å². The van der Waals surface area contributed by atoms with E-state index in [0.717, 1.165) is 43.4 Å². The third kappa shape index (κ3) is 6.06. The second-order valence-corrected chi connectivity index (χ2v) is 6.85. The summed E-state index contributed by atoms with van der Waals surface area (Å²) in [5.41, 5.74) is 1.43. The standard InChI is InChI=1S/C21H33N3O2/c1-4-14-26-19-10-7-6-9-18(19)16-23-20(22-5-2)24-17-21(11-8-12-21)13-15-25-3/h4,6-7,9-10H,1,5,8,11-17H2,2-3H3,(H2,22,23,24). The molecule has 2 rings (SSSR count). The lowest BCUT2D eigenvalue weighted by Gasteiger charge is -2.42. The van der Waals surface area contributed by atoms with Gasteiger partial charge in [-0.2, -0.15) is 0 Å². The molecule has 5 nitrogen and oxygen atoms in total. The van der Waals surface area contributed by atoms with Crippen molar-refractivity contribution in [2.24, 2.45) is 10.4 Å². The van der Waals surface area contributed by atoms with Gasteiger partial charge in [0.25, 0.3) is 0 Å². The number of benzene rings is 1. The van der Waals surface area contributed by atoms with Crippen LogP contribution in [0.4, 0.5) is 0 Å². The minimum Gasteiger partial charge on any atom is -0.489 e. The smallest absolute Gasteiger partial charge is 0.191 e. The summed E-state index contributed by atoms with van der Waals surface area (Å²) in [6.45, 7) is 9.47. The van der Waals surface area contributed by atoms with E-state index in [9.17, 15) is 0 Å². The molecule has 0 radical (unpaired) electrons. The highest BCUT2D eigenvalue weighted by atomic mass is 16.5. The van der Waals surface area contributed by atoms with E-state index < -0.39 is 0 Å². The molecule has 1 aliphatic carbocycles. The highest BCUT2D eigenvalue weighted by molar-refractivity contribution is 5.79. The number of nitrogens with zero attached hydrogens (tertiary/aromatic N) is 1. The predicted molar refractivity (Wildman–Crippen MR) is 108 cm³/mol. The van der Waals surface area contributed by atoms with Crippen molar-refractivity contribution in [3.8, 4) is 5.75 Å². The van der Waals surface area contributed by atoms with E-state index in [4.69, 9.17) is 14.5 Å². The minimum atomic E-state index is 0.358. The van der Waals surface area contributed by atoms with E-state index in [0.29, 0.717) is 18.6 Å². The Bertz CT molecular complexity index is 582. The minimum absolute atomic E-state index is 0.358. The first kappa shape index (κ1) is 20.3. The molecule has 1 aromatic carbocycles. The van der Waals surface area contributed by atoms with Gasteiger partial charge in [0.05, 0.1) is 6.54 Å². The van der Waals surface area contributed by atoms with Gasteiger partial charge in [-0.3, -0.25) is 0 Å². The molecule has 1 fully saturated rings. The Balaban J connectivity index is 1.97. The van der Waals surface area contributed by atoms with Gasteiger partial charge in [0.15, 0.2) is 5.96 Å². The van der Waals surface area contributed by atoms with Gasteiger partial charge < -0.3 is 20.1 Å². The lowest BCUT2D eigenvalue weighted by atomic mass is 9.67. The average molecular weight is 360 g/mol. The number of nitrogens with one attached hydrogen (secondary N) is 2. The number of guanidine groups is 1. The summed E-state index contributed by atoms with van der Waals surface area (Å²) < 4.78 is 11.0. The number of aliphatic imine (C=N–C) groups is 1. The molecule has 26 heavy (non-hydrogen) atoms. The maximum atomic E-state index is 5.72. The topological polar surface area (TPSA) is 54.9 Å². The summed E-state index contributed by atoms with van der Waals surface area (Å²) in [5.74, 6) is 1.72. The Morgan fingerprint density at radius 1 is 1.31 bits per heavy atom. The van der Waals surface area contributed by atoms with Crippen molar-refractivity contribution in [2.75, 3.05) is 33.4 Å². The zero-order valence-electron chi connectivity index (χ0n) is 16.2. The van der Waals surface area contributed by atoms with Crippen LogP contribution in [0.5, 0.6) is 5.75 Å². The highest BCUT2D eigenvalue weighted by Crippen LogP contribution is 2.43. The van der Waals surface area contributed by atoms with Crippen LogP contribution in [0.1, 0.15) is 38.2 Å². The molecule has 1 aromatic rings. The zero-order chi connectivity index (χ0) is 18.7. The monoisotopic (exact) mass is 359 g/mol. The molecule has 0 atom stereocenters. The molecule has 0 saturated heterocycles. The van der Waals surface area contributed by atoms with Gasteiger partial charge in [0.1, 0.15) is 12.4 Å². The first-order valence-electron chi connectivity index (χ1n) is 9.56. The predicted octanol–water partition coefficient (Wildman–Crippen LogP) is 3.51. The van der Waals surface area contributed by atoms with Crippen molar-refractivity contribution in [1.82, 2.24) is 10.6 Å². The van der Waals surface area contributed by atoms with Crippen LogP contribution in [0.15, 0.2) is 41.9 Å². The first-order chi connectivity index (χ1) is 12.7. The van der Waals surface area contributed by atoms with Crippen molar-refractivity contribution >= 4 is 5.96 Å². The Morgan fingerprint density at radius 2 is 2.12 bits per heavy atom. The van der Waals surface area contributed by atoms with Crippen LogP contribution in [0.25, 0.3) is 0 Å². The van der Waals surface area contributed by atoms with E-state index >= 15 is 0 Å². The molecule has 0 amide bonds. The van der Waals surface area contributed by atoms with Crippen molar-refractivity contribution in [2.45, 2.75) is 39.2 Å². The summed E-state index contributed by atoms with van der Waals surface area (Å²) in [4.78, 5) is 4.75. The largest absolute Gasteiger partial charge is 0.489 e. The fraction of sp³-hybridized carbons (Fsp3) is 0.571. The van der Waals surface area contributed by atoms with E-state index in [1.54, 1.807) is 13.2 Å². The molecule has 1 aliphatic rings. The Morgan fingerprint density at radius 3 is 2.77 bits per heavy atom. The van der Waals surface area contributed by atoms with E-state index in [2.05, 4.69) is 30.2 Å². The van der Waals surface area contributed by atoms with Crippen LogP contribution in [-0.2, 0) is 11.3 Å². The van der Waals surface area contributed by atoms with Gasteiger partial charge in [0.2, 0.25) is 0 Å². The van der Waals surface area contributed by atoms with Gasteiger partial charge in [-0.15, -0.1) is 0 Å². The molecule has 5 heteroatoms. The average Bonchev–Trinajstić information content (AvgIpc) is 2.63. The van der Waals surface area contributed by atoms with Crippen molar-refractivity contribution < 1.29 is 9.47 Å². The maximum Gasteiger partial charge on any atom is 0.191 e. The third-order valence-electron chi connectivity index (χ3n) is 4.96. The van der Waals surface area contributed by atoms with Gasteiger partial charge in [-0.1, -0.05) is 37.3 Å². The number of methoxy groups -OCH3 is 1. The van der Waals surface area contributed by atoms with Crippen LogP contribution >= 0.6 is 0 Å². The van der Waals surface area contributed by atoms with Gasteiger partial charge >= 0.3 is 0 Å². The van der Waals surface area contributed by atoms with Crippen LogP contribution in [0.2, 0.25) is 0 Å².